The topological polar surface area (TPSA) is 87.0 Å². The van der Waals surface area contributed by atoms with Crippen LogP contribution in [0.1, 0.15) is 12.6 Å². The van der Waals surface area contributed by atoms with E-state index >= 15 is 0 Å². The summed E-state index contributed by atoms with van der Waals surface area (Å²) in [5, 5.41) is 14.0. The Morgan fingerprint density at radius 2 is 2.39 bits per heavy atom. The van der Waals surface area contributed by atoms with E-state index in [1.165, 1.54) is 6.20 Å². The van der Waals surface area contributed by atoms with Crippen molar-refractivity contribution in [1.29, 1.82) is 5.26 Å². The van der Waals surface area contributed by atoms with Crippen LogP contribution in [0.3, 0.4) is 0 Å². The van der Waals surface area contributed by atoms with Crippen molar-refractivity contribution in [1.82, 2.24) is 10.3 Å². The fourth-order valence-electron chi connectivity index (χ4n) is 1.56. The first-order chi connectivity index (χ1) is 8.61. The summed E-state index contributed by atoms with van der Waals surface area (Å²) in [6.07, 6.45) is 1.45. The van der Waals surface area contributed by atoms with Crippen molar-refractivity contribution in [2.75, 3.05) is 25.1 Å². The van der Waals surface area contributed by atoms with Gasteiger partial charge in [0.05, 0.1) is 25.1 Å². The van der Waals surface area contributed by atoms with Gasteiger partial charge in [-0.1, -0.05) is 6.92 Å². The average Bonchev–Trinajstić information content (AvgIpc) is 2.35. The third-order valence-corrected chi connectivity index (χ3v) is 2.71. The minimum Gasteiger partial charge on any atom is -0.380 e. The Balaban J connectivity index is 1.81. The van der Waals surface area contributed by atoms with Crippen LogP contribution in [-0.4, -0.2) is 30.8 Å². The van der Waals surface area contributed by atoms with E-state index in [1.807, 2.05) is 6.07 Å². The van der Waals surface area contributed by atoms with E-state index in [9.17, 15) is 4.79 Å². The van der Waals surface area contributed by atoms with Crippen LogP contribution in [0.5, 0.6) is 0 Å². The molecule has 0 aromatic carbocycles. The molecule has 2 heterocycles. The van der Waals surface area contributed by atoms with E-state index in [0.717, 1.165) is 0 Å². The molecule has 1 fully saturated rings. The Morgan fingerprint density at radius 1 is 1.61 bits per heavy atom. The van der Waals surface area contributed by atoms with Crippen molar-refractivity contribution in [2.24, 2.45) is 5.41 Å². The summed E-state index contributed by atoms with van der Waals surface area (Å²) in [7, 11) is 0. The highest BCUT2D eigenvalue weighted by Gasteiger charge is 2.33. The fourth-order valence-corrected chi connectivity index (χ4v) is 1.56. The third-order valence-electron chi connectivity index (χ3n) is 2.71. The second kappa shape index (κ2) is 5.02. The Bertz CT molecular complexity index is 474. The number of anilines is 1. The second-order valence-corrected chi connectivity index (χ2v) is 4.66. The van der Waals surface area contributed by atoms with Crippen LogP contribution < -0.4 is 10.6 Å². The zero-order chi connectivity index (χ0) is 13.0. The minimum atomic E-state index is -0.283. The molecule has 0 atom stereocenters. The van der Waals surface area contributed by atoms with Gasteiger partial charge >= 0.3 is 6.03 Å². The maximum atomic E-state index is 11.6. The van der Waals surface area contributed by atoms with Gasteiger partial charge in [-0.15, -0.1) is 0 Å². The Kier molecular flexibility index (Phi) is 3.44. The molecule has 2 amide bonds. The van der Waals surface area contributed by atoms with Gasteiger partial charge in [0.25, 0.3) is 0 Å². The second-order valence-electron chi connectivity index (χ2n) is 4.66. The Labute approximate surface area is 105 Å². The lowest BCUT2D eigenvalue weighted by atomic mass is 9.89. The molecule has 0 spiro atoms. The highest BCUT2D eigenvalue weighted by atomic mass is 16.5. The molecule has 0 radical (unpaired) electrons. The first kappa shape index (κ1) is 12.3. The summed E-state index contributed by atoms with van der Waals surface area (Å²) >= 11 is 0. The van der Waals surface area contributed by atoms with Crippen molar-refractivity contribution in [2.45, 2.75) is 6.92 Å². The third kappa shape index (κ3) is 2.96. The number of carbonyl (C=O) groups excluding carboxylic acids is 1. The normalized spacial score (nSPS) is 16.2. The number of urea groups is 1. The Morgan fingerprint density at radius 3 is 2.89 bits per heavy atom. The van der Waals surface area contributed by atoms with Gasteiger partial charge in [0.1, 0.15) is 11.8 Å². The van der Waals surface area contributed by atoms with Crippen LogP contribution >= 0.6 is 0 Å². The van der Waals surface area contributed by atoms with Crippen LogP contribution in [0.15, 0.2) is 18.3 Å². The predicted octanol–water partition coefficient (Wildman–Crippen LogP) is 1.11. The van der Waals surface area contributed by atoms with E-state index in [1.54, 1.807) is 12.1 Å². The van der Waals surface area contributed by atoms with Crippen molar-refractivity contribution < 1.29 is 9.53 Å². The fraction of sp³-hybridized carbons (Fsp3) is 0.417. The van der Waals surface area contributed by atoms with Crippen LogP contribution in [0.4, 0.5) is 10.5 Å². The number of hydrogen-bond donors (Lipinski definition) is 2. The van der Waals surface area contributed by atoms with E-state index in [2.05, 4.69) is 22.5 Å². The minimum absolute atomic E-state index is 0.0419. The monoisotopic (exact) mass is 246 g/mol. The van der Waals surface area contributed by atoms with Crippen LogP contribution in [0.25, 0.3) is 0 Å². The van der Waals surface area contributed by atoms with E-state index in [0.29, 0.717) is 31.1 Å². The maximum Gasteiger partial charge on any atom is 0.319 e. The molecule has 2 N–H and O–H groups in total. The summed E-state index contributed by atoms with van der Waals surface area (Å²) in [6, 6.07) is 4.82. The molecule has 0 aliphatic carbocycles. The molecule has 94 valence electrons. The number of rotatable bonds is 3. The molecule has 18 heavy (non-hydrogen) atoms. The largest absolute Gasteiger partial charge is 0.380 e. The van der Waals surface area contributed by atoms with Crippen LogP contribution in [-0.2, 0) is 4.74 Å². The van der Waals surface area contributed by atoms with Gasteiger partial charge in [-0.3, -0.25) is 0 Å². The summed E-state index contributed by atoms with van der Waals surface area (Å²) < 4.78 is 5.10. The molecule has 6 heteroatoms. The molecule has 1 saturated heterocycles. The first-order valence-corrected chi connectivity index (χ1v) is 5.60. The molecular formula is C12H14N4O2. The summed E-state index contributed by atoms with van der Waals surface area (Å²) in [5.74, 6) is 0. The molecule has 6 nitrogen and oxygen atoms in total. The zero-order valence-corrected chi connectivity index (χ0v) is 10.1. The number of nitrogens with zero attached hydrogens (tertiary/aromatic N) is 2. The number of carbonyl (C=O) groups is 1. The molecule has 0 saturated carbocycles. The first-order valence-electron chi connectivity index (χ1n) is 5.60. The quantitative estimate of drug-likeness (QED) is 0.836. The molecule has 1 aliphatic heterocycles. The molecule has 1 aromatic rings. The molecule has 0 bridgehead atoms. The molecule has 1 aromatic heterocycles. The van der Waals surface area contributed by atoms with E-state index < -0.39 is 0 Å². The SMILES string of the molecule is CC1(CNC(=O)Nc2ccc(C#N)nc2)COC1. The number of hydrogen-bond acceptors (Lipinski definition) is 4. The molecular weight excluding hydrogens is 232 g/mol. The van der Waals surface area contributed by atoms with Crippen LogP contribution in [0.2, 0.25) is 0 Å². The highest BCUT2D eigenvalue weighted by Crippen LogP contribution is 2.24. The van der Waals surface area contributed by atoms with Crippen molar-refractivity contribution >= 4 is 11.7 Å². The summed E-state index contributed by atoms with van der Waals surface area (Å²) in [5.41, 5.74) is 0.918. The molecule has 1 aliphatic rings. The van der Waals surface area contributed by atoms with Crippen molar-refractivity contribution in [3.63, 3.8) is 0 Å². The van der Waals surface area contributed by atoms with Gasteiger partial charge in [-0.05, 0) is 12.1 Å². The van der Waals surface area contributed by atoms with Gasteiger partial charge in [0, 0.05) is 12.0 Å². The van der Waals surface area contributed by atoms with Gasteiger partial charge in [-0.25, -0.2) is 9.78 Å². The van der Waals surface area contributed by atoms with Gasteiger partial charge in [0.15, 0.2) is 0 Å². The predicted molar refractivity (Wildman–Crippen MR) is 64.9 cm³/mol. The number of aromatic nitrogens is 1. The standard InChI is InChI=1S/C12H14N4O2/c1-12(7-18-8-12)6-15-11(17)16-10-3-2-9(4-13)14-5-10/h2-3,5H,6-8H2,1H3,(H2,15,16,17). The number of nitriles is 1. The lowest BCUT2D eigenvalue weighted by Gasteiger charge is -2.37. The van der Waals surface area contributed by atoms with Gasteiger partial charge in [0.2, 0.25) is 0 Å². The lowest BCUT2D eigenvalue weighted by molar-refractivity contribution is -0.0974. The maximum absolute atomic E-state index is 11.6. The number of nitrogens with one attached hydrogen (secondary N) is 2. The number of amides is 2. The molecule has 0 unspecified atom stereocenters. The summed E-state index contributed by atoms with van der Waals surface area (Å²) in [4.78, 5) is 15.5. The van der Waals surface area contributed by atoms with Gasteiger partial charge < -0.3 is 15.4 Å². The van der Waals surface area contributed by atoms with Gasteiger partial charge in [-0.2, -0.15) is 5.26 Å². The highest BCUT2D eigenvalue weighted by molar-refractivity contribution is 5.89. The van der Waals surface area contributed by atoms with Crippen LogP contribution in [0, 0.1) is 16.7 Å². The van der Waals surface area contributed by atoms with Crippen molar-refractivity contribution in [3.05, 3.63) is 24.0 Å². The van der Waals surface area contributed by atoms with Crippen molar-refractivity contribution in [3.8, 4) is 6.07 Å². The lowest BCUT2D eigenvalue weighted by Crippen LogP contribution is -2.49. The Hall–Kier alpha value is -2.13. The van der Waals surface area contributed by atoms with E-state index in [4.69, 9.17) is 10.00 Å². The smallest absolute Gasteiger partial charge is 0.319 e. The van der Waals surface area contributed by atoms with E-state index in [-0.39, 0.29) is 11.4 Å². The number of pyridine rings is 1. The molecule has 2 rings (SSSR count). The average molecular weight is 246 g/mol. The summed E-state index contributed by atoms with van der Waals surface area (Å²) in [6.45, 7) is 3.97. The zero-order valence-electron chi connectivity index (χ0n) is 10.1. The number of ether oxygens (including phenoxy) is 1.